The van der Waals surface area contributed by atoms with Gasteiger partial charge in [-0.05, 0) is 44.6 Å². The Hall–Kier alpha value is -2.44. The van der Waals surface area contributed by atoms with E-state index in [0.29, 0.717) is 11.6 Å². The van der Waals surface area contributed by atoms with E-state index in [9.17, 15) is 14.4 Å². The fraction of sp³-hybridized carbons (Fsp3) is 0.556. The molecule has 2 aliphatic rings. The number of hydrogen-bond donors (Lipinski definition) is 2. The number of fused-ring (bicyclic) bond motifs is 1. The molecule has 3 N–H and O–H groups in total. The third-order valence-electron chi connectivity index (χ3n) is 5.37. The second-order valence-electron chi connectivity index (χ2n) is 7.03. The number of nitrogens with one attached hydrogen (secondary N) is 1. The van der Waals surface area contributed by atoms with Crippen molar-refractivity contribution in [3.05, 3.63) is 24.0 Å². The monoisotopic (exact) mass is 344 g/mol. The first-order valence-electron chi connectivity index (χ1n) is 8.86. The molecule has 0 radical (unpaired) electrons. The van der Waals surface area contributed by atoms with Gasteiger partial charge in [0, 0.05) is 18.3 Å². The fourth-order valence-electron chi connectivity index (χ4n) is 4.11. The SMILES string of the molecule is C[C@H]1CCC2CCCCC2N1C(=O)C(=O)Nc1cncc(C(N)=O)c1. The summed E-state index contributed by atoms with van der Waals surface area (Å²) < 4.78 is 0. The number of anilines is 1. The van der Waals surface area contributed by atoms with Crippen molar-refractivity contribution >= 4 is 23.4 Å². The van der Waals surface area contributed by atoms with Gasteiger partial charge in [0.05, 0.1) is 17.4 Å². The van der Waals surface area contributed by atoms with Crippen molar-refractivity contribution in [2.24, 2.45) is 11.7 Å². The molecule has 0 spiro atoms. The molecule has 2 fully saturated rings. The summed E-state index contributed by atoms with van der Waals surface area (Å²) in [5, 5.41) is 2.55. The lowest BCUT2D eigenvalue weighted by Gasteiger charge is -2.47. The number of carbonyl (C=O) groups excluding carboxylic acids is 3. The van der Waals surface area contributed by atoms with E-state index in [0.717, 1.165) is 32.1 Å². The zero-order chi connectivity index (χ0) is 18.0. The van der Waals surface area contributed by atoms with Crippen LogP contribution in [0.25, 0.3) is 0 Å². The highest BCUT2D eigenvalue weighted by Gasteiger charge is 2.41. The van der Waals surface area contributed by atoms with Crippen molar-refractivity contribution in [3.8, 4) is 0 Å². The van der Waals surface area contributed by atoms with E-state index in [1.807, 2.05) is 6.92 Å². The molecule has 1 aromatic rings. The summed E-state index contributed by atoms with van der Waals surface area (Å²) in [6.07, 6.45) is 9.17. The number of rotatable bonds is 2. The van der Waals surface area contributed by atoms with Gasteiger partial charge in [0.25, 0.3) is 0 Å². The summed E-state index contributed by atoms with van der Waals surface area (Å²) >= 11 is 0. The molecule has 0 aromatic carbocycles. The summed E-state index contributed by atoms with van der Waals surface area (Å²) in [4.78, 5) is 42.1. The summed E-state index contributed by atoms with van der Waals surface area (Å²) in [5.74, 6) is -1.33. The van der Waals surface area contributed by atoms with E-state index in [2.05, 4.69) is 10.3 Å². The lowest BCUT2D eigenvalue weighted by molar-refractivity contribution is -0.150. The van der Waals surface area contributed by atoms with Gasteiger partial charge >= 0.3 is 11.8 Å². The van der Waals surface area contributed by atoms with Crippen LogP contribution in [0.4, 0.5) is 5.69 Å². The Kier molecular flexibility index (Phi) is 5.01. The maximum atomic E-state index is 12.8. The van der Waals surface area contributed by atoms with Gasteiger partial charge in [-0.1, -0.05) is 12.8 Å². The Morgan fingerprint density at radius 1 is 1.16 bits per heavy atom. The topological polar surface area (TPSA) is 105 Å². The number of piperidine rings is 1. The first-order chi connectivity index (χ1) is 12.0. The molecule has 1 saturated carbocycles. The smallest absolute Gasteiger partial charge is 0.313 e. The maximum Gasteiger partial charge on any atom is 0.313 e. The van der Waals surface area contributed by atoms with Crippen molar-refractivity contribution in [2.75, 3.05) is 5.32 Å². The number of aromatic nitrogens is 1. The Morgan fingerprint density at radius 2 is 1.92 bits per heavy atom. The lowest BCUT2D eigenvalue weighted by Crippen LogP contribution is -2.56. The van der Waals surface area contributed by atoms with Crippen LogP contribution in [0.15, 0.2) is 18.5 Å². The van der Waals surface area contributed by atoms with E-state index in [4.69, 9.17) is 5.73 Å². The second kappa shape index (κ2) is 7.21. The van der Waals surface area contributed by atoms with E-state index >= 15 is 0 Å². The minimum atomic E-state index is -0.693. The molecule has 25 heavy (non-hydrogen) atoms. The third kappa shape index (κ3) is 3.65. The van der Waals surface area contributed by atoms with Gasteiger partial charge in [-0.2, -0.15) is 0 Å². The molecule has 3 amide bonds. The highest BCUT2D eigenvalue weighted by molar-refractivity contribution is 6.39. The highest BCUT2D eigenvalue weighted by atomic mass is 16.2. The first kappa shape index (κ1) is 17.4. The second-order valence-corrected chi connectivity index (χ2v) is 7.03. The van der Waals surface area contributed by atoms with Crippen LogP contribution >= 0.6 is 0 Å². The molecular formula is C18H24N4O3. The zero-order valence-electron chi connectivity index (χ0n) is 14.4. The summed E-state index contributed by atoms with van der Waals surface area (Å²) in [7, 11) is 0. The molecule has 1 aliphatic carbocycles. The predicted molar refractivity (Wildman–Crippen MR) is 92.7 cm³/mol. The summed E-state index contributed by atoms with van der Waals surface area (Å²) in [6.45, 7) is 2.01. The van der Waals surface area contributed by atoms with Crippen LogP contribution in [0.1, 0.15) is 55.8 Å². The van der Waals surface area contributed by atoms with Gasteiger partial charge in [0.1, 0.15) is 0 Å². The number of amides is 3. The largest absolute Gasteiger partial charge is 0.366 e. The van der Waals surface area contributed by atoms with Gasteiger partial charge < -0.3 is 16.0 Å². The molecule has 1 aromatic heterocycles. The van der Waals surface area contributed by atoms with Crippen LogP contribution in [0.5, 0.6) is 0 Å². The van der Waals surface area contributed by atoms with Crippen LogP contribution in [0.3, 0.4) is 0 Å². The molecule has 1 saturated heterocycles. The van der Waals surface area contributed by atoms with Crippen LogP contribution in [0, 0.1) is 5.92 Å². The quantitative estimate of drug-likeness (QED) is 0.796. The molecule has 1 aliphatic heterocycles. The van der Waals surface area contributed by atoms with Gasteiger partial charge in [-0.25, -0.2) is 0 Å². The minimum absolute atomic E-state index is 0.0627. The van der Waals surface area contributed by atoms with Crippen LogP contribution in [-0.2, 0) is 9.59 Å². The van der Waals surface area contributed by atoms with E-state index in [-0.39, 0.29) is 17.6 Å². The number of nitrogens with zero attached hydrogens (tertiary/aromatic N) is 2. The van der Waals surface area contributed by atoms with Crippen LogP contribution in [-0.4, -0.2) is 39.7 Å². The highest BCUT2D eigenvalue weighted by Crippen LogP contribution is 2.37. The molecule has 2 heterocycles. The number of hydrogen-bond acceptors (Lipinski definition) is 4. The number of likely N-dealkylation sites (tertiary alicyclic amines) is 1. The Bertz CT molecular complexity index is 691. The molecule has 7 heteroatoms. The minimum Gasteiger partial charge on any atom is -0.366 e. The lowest BCUT2D eigenvalue weighted by atomic mass is 9.76. The molecule has 7 nitrogen and oxygen atoms in total. The van der Waals surface area contributed by atoms with E-state index in [1.165, 1.54) is 24.9 Å². The maximum absolute atomic E-state index is 12.8. The number of primary amides is 1. The van der Waals surface area contributed by atoms with Gasteiger partial charge in [-0.15, -0.1) is 0 Å². The van der Waals surface area contributed by atoms with Crippen molar-refractivity contribution in [2.45, 2.75) is 57.5 Å². The summed E-state index contributed by atoms with van der Waals surface area (Å²) in [6, 6.07) is 1.64. The Labute approximate surface area is 147 Å². The number of carbonyl (C=O) groups is 3. The Balaban J connectivity index is 1.73. The van der Waals surface area contributed by atoms with Crippen molar-refractivity contribution < 1.29 is 14.4 Å². The number of pyridine rings is 1. The fourth-order valence-corrected chi connectivity index (χ4v) is 4.11. The third-order valence-corrected chi connectivity index (χ3v) is 5.37. The van der Waals surface area contributed by atoms with Crippen molar-refractivity contribution in [3.63, 3.8) is 0 Å². The average Bonchev–Trinajstić information content (AvgIpc) is 2.61. The summed E-state index contributed by atoms with van der Waals surface area (Å²) in [5.41, 5.74) is 5.69. The van der Waals surface area contributed by atoms with Crippen LogP contribution in [0.2, 0.25) is 0 Å². The molecular weight excluding hydrogens is 320 g/mol. The van der Waals surface area contributed by atoms with Crippen molar-refractivity contribution in [1.29, 1.82) is 0 Å². The first-order valence-corrected chi connectivity index (χ1v) is 8.86. The van der Waals surface area contributed by atoms with Gasteiger partial charge in [0.2, 0.25) is 5.91 Å². The molecule has 2 unspecified atom stereocenters. The van der Waals surface area contributed by atoms with Gasteiger partial charge in [0.15, 0.2) is 0 Å². The predicted octanol–water partition coefficient (Wildman–Crippen LogP) is 1.69. The van der Waals surface area contributed by atoms with E-state index < -0.39 is 17.7 Å². The standard InChI is InChI=1S/C18H24N4O3/c1-11-6-7-12-4-2-3-5-15(12)22(11)18(25)17(24)21-14-8-13(16(19)23)9-20-10-14/h8-12,15H,2-7H2,1H3,(H2,19,23)(H,21,24)/t11-,12?,15?/m0/s1. The average molecular weight is 344 g/mol. The van der Waals surface area contributed by atoms with Gasteiger partial charge in [-0.3, -0.25) is 19.4 Å². The van der Waals surface area contributed by atoms with Crippen LogP contribution < -0.4 is 11.1 Å². The Morgan fingerprint density at radius 3 is 2.68 bits per heavy atom. The van der Waals surface area contributed by atoms with Crippen molar-refractivity contribution in [1.82, 2.24) is 9.88 Å². The molecule has 0 bridgehead atoms. The zero-order valence-corrected chi connectivity index (χ0v) is 14.4. The normalized spacial score (nSPS) is 25.8. The number of nitrogens with two attached hydrogens (primary N) is 1. The molecule has 3 atom stereocenters. The molecule has 3 rings (SSSR count). The van der Waals surface area contributed by atoms with E-state index in [1.54, 1.807) is 4.90 Å². The molecule has 134 valence electrons.